The highest BCUT2D eigenvalue weighted by molar-refractivity contribution is 8.32. The minimum Gasteiger partial charge on any atom is -0.360 e. The first-order valence-electron chi connectivity index (χ1n) is 16.3. The summed E-state index contributed by atoms with van der Waals surface area (Å²) in [5.41, 5.74) is 4.59. The Kier molecular flexibility index (Phi) is 12.3. The van der Waals surface area contributed by atoms with Crippen molar-refractivity contribution in [3.05, 3.63) is 65.2 Å². The van der Waals surface area contributed by atoms with E-state index in [1.165, 1.54) is 4.57 Å². The SMILES string of the molecule is CS(C)(C)CCOCO[C@@H]1CCN(C(=O)c2ccc(-c3ccc(-c4nc5nc(S(C)(=O)=O)n(COCCS(C)(C)C)c5cc4Cl)cc3)cc2)C1. The molecule has 1 aliphatic heterocycles. The van der Waals surface area contributed by atoms with Crippen LogP contribution in [0.3, 0.4) is 0 Å². The lowest BCUT2D eigenvalue weighted by molar-refractivity contribution is -0.0807. The van der Waals surface area contributed by atoms with Crippen LogP contribution < -0.4 is 0 Å². The van der Waals surface area contributed by atoms with Gasteiger partial charge in [0, 0.05) is 42.0 Å². The molecule has 0 radical (unpaired) electrons. The largest absolute Gasteiger partial charge is 0.360 e. The van der Waals surface area contributed by atoms with Gasteiger partial charge in [0.1, 0.15) is 13.5 Å². The standard InChI is InChI=1S/C36H49ClN4O6S3/c1-48(2,3)20-18-45-24-41-32-22-31(37)33(38-34(32)39-36(41)50(7,43)44)28-12-8-26(9-13-28)27-10-14-29(15-11-27)35(42)40-17-16-30(23-40)47-25-46-19-21-49(4,5)6/h8-15,22,30H,16-21,23-25H2,1-7H3/t30-/m1/s1. The molecule has 0 aliphatic carbocycles. The molecule has 10 nitrogen and oxygen atoms in total. The quantitative estimate of drug-likeness (QED) is 0.101. The van der Waals surface area contributed by atoms with Crippen molar-refractivity contribution >= 4 is 58.6 Å². The van der Waals surface area contributed by atoms with Crippen LogP contribution in [0.25, 0.3) is 33.5 Å². The lowest BCUT2D eigenvalue weighted by Crippen LogP contribution is -2.30. The van der Waals surface area contributed by atoms with Crippen molar-refractivity contribution in [1.29, 1.82) is 0 Å². The van der Waals surface area contributed by atoms with Gasteiger partial charge in [-0.25, -0.2) is 33.5 Å². The molecule has 1 aliphatic rings. The van der Waals surface area contributed by atoms with Gasteiger partial charge in [-0.05, 0) is 73.3 Å². The zero-order valence-corrected chi connectivity index (χ0v) is 33.2. The number of likely N-dealkylation sites (tertiary alicyclic amines) is 1. The van der Waals surface area contributed by atoms with Gasteiger partial charge in [0.15, 0.2) is 5.65 Å². The normalized spacial score (nSPS) is 16.3. The summed E-state index contributed by atoms with van der Waals surface area (Å²) in [4.78, 5) is 24.1. The highest BCUT2D eigenvalue weighted by Crippen LogP contribution is 2.35. The molecule has 1 amide bonds. The van der Waals surface area contributed by atoms with E-state index in [9.17, 15) is 13.2 Å². The zero-order valence-electron chi connectivity index (χ0n) is 30.0. The van der Waals surface area contributed by atoms with Gasteiger partial charge in [0.05, 0.1) is 35.6 Å². The van der Waals surface area contributed by atoms with Crippen LogP contribution in [0.4, 0.5) is 0 Å². The number of aromatic nitrogens is 3. The summed E-state index contributed by atoms with van der Waals surface area (Å²) in [6.45, 7) is 2.71. The fourth-order valence-electron chi connectivity index (χ4n) is 5.45. The number of benzene rings is 2. The van der Waals surface area contributed by atoms with E-state index < -0.39 is 29.9 Å². The maximum Gasteiger partial charge on any atom is 0.253 e. The Morgan fingerprint density at radius 2 is 1.42 bits per heavy atom. The van der Waals surface area contributed by atoms with E-state index in [2.05, 4.69) is 47.5 Å². The molecule has 2 aromatic heterocycles. The Labute approximate surface area is 304 Å². The van der Waals surface area contributed by atoms with Gasteiger partial charge >= 0.3 is 0 Å². The number of rotatable bonds is 15. The van der Waals surface area contributed by atoms with Crippen LogP contribution in [0.1, 0.15) is 16.8 Å². The zero-order chi connectivity index (χ0) is 36.3. The number of nitrogens with zero attached hydrogens (tertiary/aromatic N) is 4. The second kappa shape index (κ2) is 15.9. The van der Waals surface area contributed by atoms with E-state index in [1.807, 2.05) is 53.4 Å². The molecule has 3 heterocycles. The Hall–Kier alpha value is -2.65. The number of carbonyl (C=O) groups is 1. The Morgan fingerprint density at radius 3 is 2.02 bits per heavy atom. The summed E-state index contributed by atoms with van der Waals surface area (Å²) in [5.74, 6) is 1.94. The van der Waals surface area contributed by atoms with Crippen LogP contribution in [-0.4, -0.2) is 128 Å². The van der Waals surface area contributed by atoms with Gasteiger partial charge in [0.25, 0.3) is 5.91 Å². The van der Waals surface area contributed by atoms with E-state index in [0.717, 1.165) is 40.9 Å². The summed E-state index contributed by atoms with van der Waals surface area (Å²) in [7, 11) is -4.99. The molecule has 50 heavy (non-hydrogen) atoms. The fourth-order valence-corrected chi connectivity index (χ4v) is 7.74. The van der Waals surface area contributed by atoms with E-state index >= 15 is 0 Å². The predicted octanol–water partition coefficient (Wildman–Crippen LogP) is 6.39. The lowest BCUT2D eigenvalue weighted by Gasteiger charge is -2.24. The monoisotopic (exact) mass is 764 g/mol. The Morgan fingerprint density at radius 1 is 0.840 bits per heavy atom. The second-order valence-electron chi connectivity index (χ2n) is 14.4. The Balaban J connectivity index is 1.23. The number of sulfone groups is 1. The van der Waals surface area contributed by atoms with Crippen LogP contribution in [0, 0.1) is 0 Å². The summed E-state index contributed by atoms with van der Waals surface area (Å²) in [5, 5.41) is 0.265. The molecule has 1 fully saturated rings. The molecule has 0 N–H and O–H groups in total. The molecule has 0 bridgehead atoms. The third kappa shape index (κ3) is 10.2. The number of imidazole rings is 1. The average Bonchev–Trinajstić information content (AvgIpc) is 3.66. The van der Waals surface area contributed by atoms with Crippen molar-refractivity contribution in [2.45, 2.75) is 24.4 Å². The fraction of sp³-hybridized carbons (Fsp3) is 0.472. The molecule has 0 saturated carbocycles. The second-order valence-corrected chi connectivity index (χ2v) is 25.9. The number of hydrogen-bond acceptors (Lipinski definition) is 8. The molecule has 1 saturated heterocycles. The van der Waals surface area contributed by atoms with E-state index in [0.29, 0.717) is 48.1 Å². The van der Waals surface area contributed by atoms with Crippen molar-refractivity contribution in [1.82, 2.24) is 19.4 Å². The van der Waals surface area contributed by atoms with Crippen LogP contribution in [0.2, 0.25) is 5.02 Å². The van der Waals surface area contributed by atoms with Crippen LogP contribution in [-0.2, 0) is 30.8 Å². The number of carbonyl (C=O) groups excluding carboxylic acids is 1. The molecule has 0 spiro atoms. The van der Waals surface area contributed by atoms with Gasteiger partial charge in [0.2, 0.25) is 15.0 Å². The van der Waals surface area contributed by atoms with Crippen LogP contribution >= 0.6 is 31.7 Å². The smallest absolute Gasteiger partial charge is 0.253 e. The molecule has 0 unspecified atom stereocenters. The molecule has 14 heteroatoms. The first-order chi connectivity index (χ1) is 23.5. The van der Waals surface area contributed by atoms with Crippen molar-refractivity contribution in [3.8, 4) is 22.4 Å². The predicted molar refractivity (Wildman–Crippen MR) is 209 cm³/mol. The number of ether oxygens (including phenoxy) is 3. The summed E-state index contributed by atoms with van der Waals surface area (Å²) < 4.78 is 44.2. The van der Waals surface area contributed by atoms with Gasteiger partial charge < -0.3 is 19.1 Å². The molecule has 1 atom stereocenters. The number of pyridine rings is 1. The molecule has 274 valence electrons. The van der Waals surface area contributed by atoms with E-state index in [4.69, 9.17) is 25.8 Å². The van der Waals surface area contributed by atoms with Crippen LogP contribution in [0.15, 0.2) is 59.8 Å². The molecular weight excluding hydrogens is 716 g/mol. The minimum atomic E-state index is -3.65. The highest BCUT2D eigenvalue weighted by atomic mass is 35.5. The van der Waals surface area contributed by atoms with Crippen molar-refractivity contribution in [2.75, 3.05) is 88.4 Å². The number of hydrogen-bond donors (Lipinski definition) is 0. The van der Waals surface area contributed by atoms with Crippen LogP contribution in [0.5, 0.6) is 0 Å². The van der Waals surface area contributed by atoms with E-state index in [-0.39, 0.29) is 36.3 Å². The molecule has 4 aromatic rings. The number of fused-ring (bicyclic) bond motifs is 1. The van der Waals surface area contributed by atoms with Crippen molar-refractivity contribution in [2.24, 2.45) is 0 Å². The molecular formula is C36H49ClN4O6S3. The lowest BCUT2D eigenvalue weighted by atomic mass is 10.0. The van der Waals surface area contributed by atoms with E-state index in [1.54, 1.807) is 6.07 Å². The Bertz CT molecular complexity index is 1900. The summed E-state index contributed by atoms with van der Waals surface area (Å²) >= 11 is 6.73. The topological polar surface area (TPSA) is 113 Å². The number of amides is 1. The summed E-state index contributed by atoms with van der Waals surface area (Å²) in [6, 6.07) is 17.1. The maximum absolute atomic E-state index is 13.2. The number of halogens is 1. The first-order valence-corrected chi connectivity index (χ1v) is 24.7. The highest BCUT2D eigenvalue weighted by Gasteiger charge is 2.28. The third-order valence-electron chi connectivity index (χ3n) is 8.33. The summed E-state index contributed by atoms with van der Waals surface area (Å²) in [6.07, 6.45) is 15.3. The molecule has 2 aromatic carbocycles. The maximum atomic E-state index is 13.2. The first kappa shape index (κ1) is 38.6. The van der Waals surface area contributed by atoms with Gasteiger partial charge in [-0.2, -0.15) is 4.98 Å². The molecule has 5 rings (SSSR count). The minimum absolute atomic E-state index is 0.00898. The van der Waals surface area contributed by atoms with Gasteiger partial charge in [-0.1, -0.05) is 48.0 Å². The third-order valence-corrected chi connectivity index (χ3v) is 12.4. The van der Waals surface area contributed by atoms with Gasteiger partial charge in [-0.3, -0.25) is 9.36 Å². The average molecular weight is 765 g/mol. The van der Waals surface area contributed by atoms with Crippen molar-refractivity contribution in [3.63, 3.8) is 0 Å². The van der Waals surface area contributed by atoms with Gasteiger partial charge in [-0.15, -0.1) is 0 Å². The van der Waals surface area contributed by atoms with Crippen molar-refractivity contribution < 1.29 is 27.4 Å².